The van der Waals surface area contributed by atoms with Gasteiger partial charge in [-0.25, -0.2) is 9.97 Å². The molecular formula is C26H27N5O2S. The van der Waals surface area contributed by atoms with Crippen LogP contribution in [0.4, 0.5) is 0 Å². The molecule has 8 heteroatoms. The van der Waals surface area contributed by atoms with E-state index in [-0.39, 0.29) is 18.2 Å². The zero-order chi connectivity index (χ0) is 24.2. The van der Waals surface area contributed by atoms with E-state index in [0.717, 1.165) is 49.8 Å². The molecule has 0 unspecified atom stereocenters. The monoisotopic (exact) mass is 473 g/mol. The van der Waals surface area contributed by atoms with Gasteiger partial charge in [0.2, 0.25) is 5.91 Å². The highest BCUT2D eigenvalue weighted by Crippen LogP contribution is 2.24. The second-order valence-electron chi connectivity index (χ2n) is 8.38. The second kappa shape index (κ2) is 10.1. The van der Waals surface area contributed by atoms with Gasteiger partial charge in [0, 0.05) is 39.3 Å². The molecule has 4 rings (SSSR count). The third-order valence-corrected chi connectivity index (χ3v) is 6.39. The third-order valence-electron chi connectivity index (χ3n) is 5.47. The van der Waals surface area contributed by atoms with Gasteiger partial charge in [-0.3, -0.25) is 20.4 Å². The molecule has 0 saturated heterocycles. The van der Waals surface area contributed by atoms with Gasteiger partial charge in [-0.1, -0.05) is 35.5 Å². The first kappa shape index (κ1) is 23.5. The van der Waals surface area contributed by atoms with E-state index in [1.54, 1.807) is 23.9 Å². The maximum Gasteiger partial charge on any atom is 0.269 e. The van der Waals surface area contributed by atoms with Crippen molar-refractivity contribution >= 4 is 34.5 Å². The fraction of sp³-hybridized carbons (Fsp3) is 0.231. The van der Waals surface area contributed by atoms with Crippen molar-refractivity contribution in [1.29, 1.82) is 0 Å². The first-order valence-electron chi connectivity index (χ1n) is 11.0. The Labute approximate surface area is 202 Å². The molecule has 4 aromatic rings. The summed E-state index contributed by atoms with van der Waals surface area (Å²) in [5.74, 6) is 0.0577. The van der Waals surface area contributed by atoms with Crippen molar-refractivity contribution in [2.75, 3.05) is 0 Å². The van der Waals surface area contributed by atoms with Crippen LogP contribution in [0, 0.1) is 27.7 Å². The number of carbonyl (C=O) groups excluding carboxylic acids is 2. The van der Waals surface area contributed by atoms with E-state index in [1.165, 1.54) is 0 Å². The van der Waals surface area contributed by atoms with Gasteiger partial charge < -0.3 is 4.98 Å². The van der Waals surface area contributed by atoms with Crippen LogP contribution in [0.5, 0.6) is 0 Å². The molecule has 0 aliphatic carbocycles. The van der Waals surface area contributed by atoms with Gasteiger partial charge in [-0.15, -0.1) is 0 Å². The molecule has 0 aliphatic rings. The molecule has 0 aliphatic heterocycles. The maximum atomic E-state index is 12.5. The van der Waals surface area contributed by atoms with Crippen LogP contribution in [-0.2, 0) is 17.0 Å². The van der Waals surface area contributed by atoms with Crippen LogP contribution in [0.1, 0.15) is 44.1 Å². The second-order valence-corrected chi connectivity index (χ2v) is 9.32. The number of hydrogen-bond donors (Lipinski definition) is 3. The van der Waals surface area contributed by atoms with Crippen LogP contribution in [0.25, 0.3) is 10.9 Å². The average Bonchev–Trinajstić information content (AvgIpc) is 3.10. The van der Waals surface area contributed by atoms with Crippen molar-refractivity contribution in [1.82, 2.24) is 25.8 Å². The van der Waals surface area contributed by atoms with Crippen LogP contribution in [0.15, 0.2) is 53.7 Å². The van der Waals surface area contributed by atoms with Crippen molar-refractivity contribution in [3.05, 3.63) is 87.9 Å². The Hall–Kier alpha value is -3.65. The number of benzene rings is 2. The number of nitrogens with zero attached hydrogens (tertiary/aromatic N) is 2. The molecule has 2 heterocycles. The fourth-order valence-electron chi connectivity index (χ4n) is 3.79. The Morgan fingerprint density at radius 2 is 1.62 bits per heavy atom. The van der Waals surface area contributed by atoms with Gasteiger partial charge in [0.1, 0.15) is 0 Å². The number of aryl methyl sites for hydroxylation is 4. The molecule has 0 fully saturated rings. The number of hydrogen-bond acceptors (Lipinski definition) is 5. The molecule has 2 amide bonds. The molecule has 34 heavy (non-hydrogen) atoms. The van der Waals surface area contributed by atoms with Gasteiger partial charge in [0.15, 0.2) is 5.16 Å². The van der Waals surface area contributed by atoms with E-state index in [1.807, 2.05) is 58.0 Å². The van der Waals surface area contributed by atoms with Gasteiger partial charge in [0.25, 0.3) is 5.91 Å². The number of nitrogens with one attached hydrogen (secondary N) is 3. The Bertz CT molecular complexity index is 1340. The predicted octanol–water partition coefficient (Wildman–Crippen LogP) is 4.49. The highest BCUT2D eigenvalue weighted by molar-refractivity contribution is 7.98. The Balaban J connectivity index is 1.31. The highest BCUT2D eigenvalue weighted by Gasteiger charge is 2.14. The lowest BCUT2D eigenvalue weighted by molar-refractivity contribution is -0.121. The van der Waals surface area contributed by atoms with Gasteiger partial charge in [-0.2, -0.15) is 0 Å². The first-order valence-corrected chi connectivity index (χ1v) is 12.0. The summed E-state index contributed by atoms with van der Waals surface area (Å²) in [7, 11) is 0. The number of hydrazine groups is 1. The summed E-state index contributed by atoms with van der Waals surface area (Å²) in [6.07, 6.45) is 0.173. The smallest absolute Gasteiger partial charge is 0.269 e. The SMILES string of the molecule is Cc1ccc2[nH]c(C)c(CC(=O)NNC(=O)c3ccc(CSc4nc(C)cc(C)n4)cc3)c2c1. The quantitative estimate of drug-likeness (QED) is 0.218. The molecule has 2 aromatic heterocycles. The minimum absolute atomic E-state index is 0.173. The molecule has 2 aromatic carbocycles. The average molecular weight is 474 g/mol. The van der Waals surface area contributed by atoms with E-state index >= 15 is 0 Å². The Morgan fingerprint density at radius 3 is 2.32 bits per heavy atom. The molecule has 0 spiro atoms. The van der Waals surface area contributed by atoms with E-state index in [0.29, 0.717) is 11.3 Å². The van der Waals surface area contributed by atoms with Crippen LogP contribution in [0.3, 0.4) is 0 Å². The predicted molar refractivity (Wildman–Crippen MR) is 135 cm³/mol. The van der Waals surface area contributed by atoms with E-state index in [9.17, 15) is 9.59 Å². The summed E-state index contributed by atoms with van der Waals surface area (Å²) in [6.45, 7) is 7.87. The van der Waals surface area contributed by atoms with Crippen LogP contribution in [-0.4, -0.2) is 26.8 Å². The molecule has 0 radical (unpaired) electrons. The number of aromatic amines is 1. The molecule has 3 N–H and O–H groups in total. The maximum absolute atomic E-state index is 12.5. The number of H-pyrrole nitrogens is 1. The molecule has 0 bridgehead atoms. The molecule has 0 atom stereocenters. The summed E-state index contributed by atoms with van der Waals surface area (Å²) in [5.41, 5.74) is 12.4. The molecule has 0 saturated carbocycles. The van der Waals surface area contributed by atoms with Crippen molar-refractivity contribution < 1.29 is 9.59 Å². The van der Waals surface area contributed by atoms with Crippen LogP contribution >= 0.6 is 11.8 Å². The lowest BCUT2D eigenvalue weighted by atomic mass is 10.1. The van der Waals surface area contributed by atoms with Crippen molar-refractivity contribution in [3.8, 4) is 0 Å². The normalized spacial score (nSPS) is 10.9. The number of amides is 2. The topological polar surface area (TPSA) is 99.8 Å². The van der Waals surface area contributed by atoms with Gasteiger partial charge in [0.05, 0.1) is 6.42 Å². The third kappa shape index (κ3) is 5.63. The van der Waals surface area contributed by atoms with E-state index in [2.05, 4.69) is 31.9 Å². The standard InChI is InChI=1S/C26H27N5O2S/c1-15-5-10-23-22(11-15)21(18(4)29-23)13-24(32)30-31-25(33)20-8-6-19(7-9-20)14-34-26-27-16(2)12-17(3)28-26/h5-12,29H,13-14H2,1-4H3,(H,30,32)(H,31,33). The number of carbonyl (C=O) groups is 2. The van der Waals surface area contributed by atoms with Crippen LogP contribution in [0.2, 0.25) is 0 Å². The first-order chi connectivity index (χ1) is 16.3. The van der Waals surface area contributed by atoms with Gasteiger partial charge >= 0.3 is 0 Å². The van der Waals surface area contributed by atoms with E-state index in [4.69, 9.17) is 0 Å². The van der Waals surface area contributed by atoms with Crippen molar-refractivity contribution in [2.45, 2.75) is 45.0 Å². The Kier molecular flexibility index (Phi) is 6.98. The lowest BCUT2D eigenvalue weighted by Gasteiger charge is -2.09. The minimum Gasteiger partial charge on any atom is -0.358 e. The summed E-state index contributed by atoms with van der Waals surface area (Å²) in [4.78, 5) is 37.2. The summed E-state index contributed by atoms with van der Waals surface area (Å²) >= 11 is 1.55. The zero-order valence-corrected chi connectivity index (χ0v) is 20.5. The highest BCUT2D eigenvalue weighted by atomic mass is 32.2. The van der Waals surface area contributed by atoms with Gasteiger partial charge in [-0.05, 0) is 69.2 Å². The summed E-state index contributed by atoms with van der Waals surface area (Å²) in [6, 6.07) is 15.3. The molecular weight excluding hydrogens is 446 g/mol. The largest absolute Gasteiger partial charge is 0.358 e. The summed E-state index contributed by atoms with van der Waals surface area (Å²) in [5, 5.41) is 1.77. The van der Waals surface area contributed by atoms with Crippen LogP contribution < -0.4 is 10.9 Å². The molecule has 174 valence electrons. The Morgan fingerprint density at radius 1 is 0.912 bits per heavy atom. The lowest BCUT2D eigenvalue weighted by Crippen LogP contribution is -2.42. The van der Waals surface area contributed by atoms with E-state index < -0.39 is 0 Å². The van der Waals surface area contributed by atoms with Crippen molar-refractivity contribution in [3.63, 3.8) is 0 Å². The number of fused-ring (bicyclic) bond motifs is 1. The fourth-order valence-corrected chi connectivity index (χ4v) is 4.69. The number of thioether (sulfide) groups is 1. The number of rotatable bonds is 6. The number of aromatic nitrogens is 3. The minimum atomic E-state index is -0.364. The van der Waals surface area contributed by atoms with Crippen molar-refractivity contribution in [2.24, 2.45) is 0 Å². The summed E-state index contributed by atoms with van der Waals surface area (Å²) < 4.78 is 0. The zero-order valence-electron chi connectivity index (χ0n) is 19.7. The molecule has 7 nitrogen and oxygen atoms in total.